The predicted molar refractivity (Wildman–Crippen MR) is 47.7 cm³/mol. The maximum atomic E-state index is 12.8. The van der Waals surface area contributed by atoms with Crippen molar-refractivity contribution in [1.29, 1.82) is 0 Å². The zero-order valence-electron chi connectivity index (χ0n) is 8.11. The smallest absolute Gasteiger partial charge is 0.325 e. The van der Waals surface area contributed by atoms with Crippen LogP contribution in [0.1, 0.15) is 38.5 Å². The molecule has 2 fully saturated rings. The summed E-state index contributed by atoms with van der Waals surface area (Å²) >= 11 is 0. The zero-order valence-corrected chi connectivity index (χ0v) is 8.11. The van der Waals surface area contributed by atoms with E-state index in [4.69, 9.17) is 5.73 Å². The monoisotopic (exact) mass is 207 g/mol. The molecule has 0 aliphatic heterocycles. The highest BCUT2D eigenvalue weighted by Gasteiger charge is 2.60. The van der Waals surface area contributed by atoms with Gasteiger partial charge in [0.1, 0.15) is 0 Å². The van der Waals surface area contributed by atoms with Crippen molar-refractivity contribution in [3.63, 3.8) is 0 Å². The summed E-state index contributed by atoms with van der Waals surface area (Å²) < 4.78 is 38.5. The lowest BCUT2D eigenvalue weighted by atomic mass is 9.82. The third-order valence-electron chi connectivity index (χ3n) is 3.67. The van der Waals surface area contributed by atoms with E-state index in [2.05, 4.69) is 0 Å². The average Bonchev–Trinajstić information content (AvgIpc) is 2.60. The minimum absolute atomic E-state index is 0.206. The molecule has 1 unspecified atom stereocenters. The van der Waals surface area contributed by atoms with Crippen LogP contribution in [0.2, 0.25) is 0 Å². The van der Waals surface area contributed by atoms with Gasteiger partial charge in [-0.3, -0.25) is 0 Å². The highest BCUT2D eigenvalue weighted by Crippen LogP contribution is 2.53. The first-order valence-corrected chi connectivity index (χ1v) is 5.29. The van der Waals surface area contributed by atoms with Gasteiger partial charge in [0, 0.05) is 5.54 Å². The first-order valence-electron chi connectivity index (χ1n) is 5.29. The topological polar surface area (TPSA) is 26.0 Å². The maximum Gasteiger partial charge on any atom is 0.393 e. The molecule has 82 valence electrons. The molecule has 0 saturated heterocycles. The largest absolute Gasteiger partial charge is 0.393 e. The Bertz CT molecular complexity index is 209. The third-order valence-corrected chi connectivity index (χ3v) is 3.67. The Kier molecular flexibility index (Phi) is 2.29. The van der Waals surface area contributed by atoms with Crippen molar-refractivity contribution in [3.8, 4) is 0 Å². The van der Waals surface area contributed by atoms with E-state index in [1.807, 2.05) is 0 Å². The normalized spacial score (nSPS) is 29.1. The summed E-state index contributed by atoms with van der Waals surface area (Å²) in [5, 5.41) is 0. The predicted octanol–water partition coefficient (Wildman–Crippen LogP) is 2.85. The highest BCUT2D eigenvalue weighted by atomic mass is 19.4. The second kappa shape index (κ2) is 3.12. The van der Waals surface area contributed by atoms with Crippen LogP contribution in [0, 0.1) is 11.8 Å². The molecule has 4 heteroatoms. The number of rotatable bonds is 2. The molecule has 1 atom stereocenters. The maximum absolute atomic E-state index is 12.8. The van der Waals surface area contributed by atoms with Crippen LogP contribution in [0.4, 0.5) is 13.2 Å². The van der Waals surface area contributed by atoms with Gasteiger partial charge < -0.3 is 5.73 Å². The van der Waals surface area contributed by atoms with Gasteiger partial charge in [-0.25, -0.2) is 0 Å². The lowest BCUT2D eigenvalue weighted by Crippen LogP contribution is -2.45. The van der Waals surface area contributed by atoms with Crippen LogP contribution in [0.25, 0.3) is 0 Å². The lowest BCUT2D eigenvalue weighted by Gasteiger charge is -2.31. The fourth-order valence-corrected chi connectivity index (χ4v) is 2.81. The van der Waals surface area contributed by atoms with Crippen LogP contribution in [-0.4, -0.2) is 11.7 Å². The fraction of sp³-hybridized carbons (Fsp3) is 1.00. The molecule has 0 aromatic heterocycles. The standard InChI is InChI=1S/C10H16F3N/c11-10(12,13)8(9(14)5-6-9)7-3-1-2-4-7/h7-8H,1-6,14H2. The summed E-state index contributed by atoms with van der Waals surface area (Å²) in [6.07, 6.45) is 0.300. The van der Waals surface area contributed by atoms with Crippen molar-refractivity contribution in [2.45, 2.75) is 50.2 Å². The SMILES string of the molecule is NC1(C(C2CCCC2)C(F)(F)F)CC1. The number of halogens is 3. The van der Waals surface area contributed by atoms with Gasteiger partial charge in [-0.15, -0.1) is 0 Å². The van der Waals surface area contributed by atoms with Gasteiger partial charge in [0.15, 0.2) is 0 Å². The van der Waals surface area contributed by atoms with Gasteiger partial charge in [0.25, 0.3) is 0 Å². The Hall–Kier alpha value is -0.250. The number of hydrogen-bond acceptors (Lipinski definition) is 1. The van der Waals surface area contributed by atoms with Crippen LogP contribution in [-0.2, 0) is 0 Å². The zero-order chi connectivity index (χ0) is 10.4. The molecule has 0 bridgehead atoms. The summed E-state index contributed by atoms with van der Waals surface area (Å²) in [6.45, 7) is 0. The van der Waals surface area contributed by atoms with Gasteiger partial charge >= 0.3 is 6.18 Å². The summed E-state index contributed by atoms with van der Waals surface area (Å²) in [5.74, 6) is -1.44. The van der Waals surface area contributed by atoms with Crippen LogP contribution in [0.15, 0.2) is 0 Å². The van der Waals surface area contributed by atoms with Crippen molar-refractivity contribution >= 4 is 0 Å². The van der Waals surface area contributed by atoms with Crippen LogP contribution < -0.4 is 5.73 Å². The van der Waals surface area contributed by atoms with Gasteiger partial charge in [-0.05, 0) is 31.6 Å². The van der Waals surface area contributed by atoms with Gasteiger partial charge in [-0.2, -0.15) is 13.2 Å². The van der Waals surface area contributed by atoms with Crippen molar-refractivity contribution in [2.24, 2.45) is 17.6 Å². The summed E-state index contributed by atoms with van der Waals surface area (Å²) in [6, 6.07) is 0. The summed E-state index contributed by atoms with van der Waals surface area (Å²) in [4.78, 5) is 0. The lowest BCUT2D eigenvalue weighted by molar-refractivity contribution is -0.197. The minimum atomic E-state index is -4.10. The number of nitrogens with two attached hydrogens (primary N) is 1. The van der Waals surface area contributed by atoms with E-state index >= 15 is 0 Å². The Morgan fingerprint density at radius 2 is 1.64 bits per heavy atom. The Labute approximate surface area is 81.8 Å². The van der Waals surface area contributed by atoms with E-state index in [0.717, 1.165) is 12.8 Å². The van der Waals surface area contributed by atoms with Gasteiger partial charge in [-0.1, -0.05) is 12.8 Å². The molecule has 0 amide bonds. The minimum Gasteiger partial charge on any atom is -0.325 e. The van der Waals surface area contributed by atoms with E-state index in [1.54, 1.807) is 0 Å². The molecule has 1 nitrogen and oxygen atoms in total. The molecule has 0 heterocycles. The molecule has 0 spiro atoms. The molecule has 2 aliphatic carbocycles. The first-order chi connectivity index (χ1) is 6.43. The molecule has 2 aliphatic rings. The number of alkyl halides is 3. The second-order valence-electron chi connectivity index (χ2n) is 4.80. The number of hydrogen-bond donors (Lipinski definition) is 1. The van der Waals surface area contributed by atoms with E-state index in [-0.39, 0.29) is 5.92 Å². The Morgan fingerprint density at radius 3 is 2.00 bits per heavy atom. The highest BCUT2D eigenvalue weighted by molar-refractivity contribution is 5.08. The molecule has 0 aromatic rings. The van der Waals surface area contributed by atoms with E-state index < -0.39 is 17.6 Å². The molecular formula is C10H16F3N. The second-order valence-corrected chi connectivity index (χ2v) is 4.80. The Morgan fingerprint density at radius 1 is 1.14 bits per heavy atom. The van der Waals surface area contributed by atoms with E-state index in [9.17, 15) is 13.2 Å². The average molecular weight is 207 g/mol. The van der Waals surface area contributed by atoms with Crippen molar-refractivity contribution < 1.29 is 13.2 Å². The molecule has 14 heavy (non-hydrogen) atoms. The summed E-state index contributed by atoms with van der Waals surface area (Å²) in [5.41, 5.74) is 4.83. The molecule has 2 N–H and O–H groups in total. The molecule has 0 radical (unpaired) electrons. The quantitative estimate of drug-likeness (QED) is 0.740. The third kappa shape index (κ3) is 1.76. The molecule has 0 aromatic carbocycles. The van der Waals surface area contributed by atoms with Crippen molar-refractivity contribution in [3.05, 3.63) is 0 Å². The van der Waals surface area contributed by atoms with Gasteiger partial charge in [0.05, 0.1) is 5.92 Å². The molecule has 2 rings (SSSR count). The van der Waals surface area contributed by atoms with Crippen molar-refractivity contribution in [2.75, 3.05) is 0 Å². The van der Waals surface area contributed by atoms with Crippen LogP contribution >= 0.6 is 0 Å². The van der Waals surface area contributed by atoms with E-state index in [1.165, 1.54) is 0 Å². The van der Waals surface area contributed by atoms with Gasteiger partial charge in [0.2, 0.25) is 0 Å². The first kappa shape index (κ1) is 10.3. The Balaban J connectivity index is 2.13. The van der Waals surface area contributed by atoms with Crippen LogP contribution in [0.3, 0.4) is 0 Å². The summed E-state index contributed by atoms with van der Waals surface area (Å²) in [7, 11) is 0. The van der Waals surface area contributed by atoms with Crippen LogP contribution in [0.5, 0.6) is 0 Å². The van der Waals surface area contributed by atoms with Crippen molar-refractivity contribution in [1.82, 2.24) is 0 Å². The van der Waals surface area contributed by atoms with E-state index in [0.29, 0.717) is 25.7 Å². The fourth-order valence-electron chi connectivity index (χ4n) is 2.81. The molecular weight excluding hydrogens is 191 g/mol. The molecule has 2 saturated carbocycles.